The second-order valence-corrected chi connectivity index (χ2v) is 8.34. The molecule has 2 atom stereocenters. The molecule has 0 bridgehead atoms. The van der Waals surface area contributed by atoms with Gasteiger partial charge in [-0.15, -0.1) is 6.42 Å². The number of carbonyl (C=O) groups is 2. The molecule has 2 aliphatic rings. The number of hydrogen-bond acceptors (Lipinski definition) is 3. The molecule has 0 N–H and O–H groups in total. The summed E-state index contributed by atoms with van der Waals surface area (Å²) in [4.78, 5) is 26.6. The second-order valence-electron chi connectivity index (χ2n) is 8.34. The van der Waals surface area contributed by atoms with Crippen molar-refractivity contribution in [2.75, 3.05) is 6.54 Å². The van der Waals surface area contributed by atoms with Gasteiger partial charge in [-0.1, -0.05) is 42.3 Å². The van der Waals surface area contributed by atoms with Crippen LogP contribution in [0.5, 0.6) is 0 Å². The van der Waals surface area contributed by atoms with Crippen molar-refractivity contribution in [3.8, 4) is 12.3 Å². The van der Waals surface area contributed by atoms with Crippen LogP contribution in [0.3, 0.4) is 0 Å². The third-order valence-corrected chi connectivity index (χ3v) is 5.98. The molecule has 1 saturated heterocycles. The number of carbonyl (C=O) groups excluding carboxylic acids is 2. The molecule has 2 heterocycles. The van der Waals surface area contributed by atoms with E-state index >= 15 is 0 Å². The molecule has 148 valence electrons. The molecule has 0 unspecified atom stereocenters. The van der Waals surface area contributed by atoms with E-state index in [0.29, 0.717) is 17.7 Å². The van der Waals surface area contributed by atoms with Gasteiger partial charge in [0.1, 0.15) is 0 Å². The van der Waals surface area contributed by atoms with Crippen molar-refractivity contribution >= 4 is 11.8 Å². The average Bonchev–Trinajstić information content (AvgIpc) is 2.99. The molecule has 0 spiro atoms. The quantitative estimate of drug-likeness (QED) is 0.573. The second kappa shape index (κ2) is 7.50. The lowest BCUT2D eigenvalue weighted by atomic mass is 9.85. The zero-order valence-corrected chi connectivity index (χ0v) is 16.9. The summed E-state index contributed by atoms with van der Waals surface area (Å²) in [6, 6.07) is 15.3. The standard InChI is InChI=1S/C25H25NO3/c1-4-25(2,3)18-14-12-17(13-15-18)22-11-7-8-19(29-22)16-26-23(27)20-9-5-6-10-21(20)24(26)28/h1,5-6,9-10,12-15,19,22H,7-8,11,16H2,2-3H3/t19-,22+/m0/s1. The third kappa shape index (κ3) is 3.59. The van der Waals surface area contributed by atoms with Gasteiger partial charge in [0.15, 0.2) is 0 Å². The van der Waals surface area contributed by atoms with Crippen molar-refractivity contribution in [1.29, 1.82) is 0 Å². The van der Waals surface area contributed by atoms with Crippen LogP contribution < -0.4 is 0 Å². The van der Waals surface area contributed by atoms with Gasteiger partial charge in [-0.3, -0.25) is 14.5 Å². The minimum Gasteiger partial charge on any atom is -0.368 e. The summed E-state index contributed by atoms with van der Waals surface area (Å²) >= 11 is 0. The fourth-order valence-corrected chi connectivity index (χ4v) is 4.09. The summed E-state index contributed by atoms with van der Waals surface area (Å²) in [6.07, 6.45) is 8.21. The van der Waals surface area contributed by atoms with E-state index in [9.17, 15) is 9.59 Å². The van der Waals surface area contributed by atoms with Gasteiger partial charge in [0.25, 0.3) is 11.8 Å². The molecule has 2 aromatic carbocycles. The molecule has 0 aromatic heterocycles. The number of imide groups is 1. The van der Waals surface area contributed by atoms with E-state index in [-0.39, 0.29) is 29.4 Å². The number of ether oxygens (including phenoxy) is 1. The summed E-state index contributed by atoms with van der Waals surface area (Å²) in [6.45, 7) is 4.35. The average molecular weight is 387 g/mol. The summed E-state index contributed by atoms with van der Waals surface area (Å²) < 4.78 is 6.30. The summed E-state index contributed by atoms with van der Waals surface area (Å²) in [5.74, 6) is 2.37. The van der Waals surface area contributed by atoms with Crippen LogP contribution in [0.25, 0.3) is 0 Å². The van der Waals surface area contributed by atoms with Crippen LogP contribution in [0, 0.1) is 12.3 Å². The Balaban J connectivity index is 1.45. The predicted octanol–water partition coefficient (Wildman–Crippen LogP) is 4.50. The third-order valence-electron chi connectivity index (χ3n) is 5.98. The lowest BCUT2D eigenvalue weighted by molar-refractivity contribution is -0.0587. The van der Waals surface area contributed by atoms with E-state index < -0.39 is 0 Å². The zero-order valence-electron chi connectivity index (χ0n) is 16.9. The molecule has 4 rings (SSSR count). The van der Waals surface area contributed by atoms with Crippen LogP contribution in [-0.2, 0) is 10.2 Å². The molecule has 2 amide bonds. The molecule has 4 heteroatoms. The van der Waals surface area contributed by atoms with Gasteiger partial charge >= 0.3 is 0 Å². The number of fused-ring (bicyclic) bond motifs is 1. The normalized spacial score (nSPS) is 21.8. The van der Waals surface area contributed by atoms with E-state index in [1.165, 1.54) is 4.90 Å². The van der Waals surface area contributed by atoms with Crippen LogP contribution in [-0.4, -0.2) is 29.4 Å². The lowest BCUT2D eigenvalue weighted by Crippen LogP contribution is -2.39. The largest absolute Gasteiger partial charge is 0.368 e. The van der Waals surface area contributed by atoms with Gasteiger partial charge in [-0.2, -0.15) is 0 Å². The maximum atomic E-state index is 12.6. The summed E-state index contributed by atoms with van der Waals surface area (Å²) in [5.41, 5.74) is 2.86. The van der Waals surface area contributed by atoms with E-state index in [2.05, 4.69) is 30.2 Å². The molecule has 0 saturated carbocycles. The molecule has 0 aliphatic carbocycles. The van der Waals surface area contributed by atoms with Gasteiger partial charge in [0.05, 0.1) is 35.3 Å². The van der Waals surface area contributed by atoms with Crippen molar-refractivity contribution in [1.82, 2.24) is 4.90 Å². The lowest BCUT2D eigenvalue weighted by Gasteiger charge is -2.32. The van der Waals surface area contributed by atoms with Crippen molar-refractivity contribution in [2.24, 2.45) is 0 Å². The summed E-state index contributed by atoms with van der Waals surface area (Å²) in [7, 11) is 0. The Hall–Kier alpha value is -2.90. The molecular formula is C25H25NO3. The highest BCUT2D eigenvalue weighted by Gasteiger charge is 2.37. The van der Waals surface area contributed by atoms with Gasteiger partial charge in [-0.05, 0) is 56.4 Å². The highest BCUT2D eigenvalue weighted by molar-refractivity contribution is 6.21. The number of benzene rings is 2. The van der Waals surface area contributed by atoms with Crippen molar-refractivity contribution < 1.29 is 14.3 Å². The maximum absolute atomic E-state index is 12.6. The van der Waals surface area contributed by atoms with Gasteiger partial charge in [0.2, 0.25) is 0 Å². The number of hydrogen-bond donors (Lipinski definition) is 0. The fourth-order valence-electron chi connectivity index (χ4n) is 4.09. The zero-order chi connectivity index (χ0) is 20.6. The predicted molar refractivity (Wildman–Crippen MR) is 112 cm³/mol. The molecule has 0 radical (unpaired) electrons. The van der Waals surface area contributed by atoms with E-state index in [4.69, 9.17) is 11.2 Å². The van der Waals surface area contributed by atoms with Crippen LogP contribution >= 0.6 is 0 Å². The summed E-state index contributed by atoms with van der Waals surface area (Å²) in [5, 5.41) is 0. The Labute approximate surface area is 171 Å². The van der Waals surface area contributed by atoms with Crippen molar-refractivity contribution in [3.63, 3.8) is 0 Å². The van der Waals surface area contributed by atoms with Gasteiger partial charge in [0, 0.05) is 0 Å². The van der Waals surface area contributed by atoms with E-state index in [0.717, 1.165) is 30.4 Å². The first kappa shape index (κ1) is 19.4. The molecule has 1 fully saturated rings. The van der Waals surface area contributed by atoms with Gasteiger partial charge in [-0.25, -0.2) is 0 Å². The Morgan fingerprint density at radius 3 is 2.24 bits per heavy atom. The number of nitrogens with zero attached hydrogens (tertiary/aromatic N) is 1. The minimum absolute atomic E-state index is 0.0352. The van der Waals surface area contributed by atoms with Crippen molar-refractivity contribution in [2.45, 2.75) is 50.7 Å². The molecule has 2 aliphatic heterocycles. The van der Waals surface area contributed by atoms with Crippen LogP contribution in [0.15, 0.2) is 48.5 Å². The SMILES string of the molecule is C#CC(C)(C)c1ccc([C@H]2CCC[C@@H](CN3C(=O)c4ccccc4C3=O)O2)cc1. The number of rotatable bonds is 4. The smallest absolute Gasteiger partial charge is 0.261 e. The first-order chi connectivity index (χ1) is 13.9. The number of terminal acetylenes is 1. The Bertz CT molecular complexity index is 949. The highest BCUT2D eigenvalue weighted by atomic mass is 16.5. The Morgan fingerprint density at radius 1 is 1.03 bits per heavy atom. The topological polar surface area (TPSA) is 46.6 Å². The van der Waals surface area contributed by atoms with Crippen LogP contribution in [0.1, 0.15) is 71.1 Å². The Morgan fingerprint density at radius 2 is 1.66 bits per heavy atom. The van der Waals surface area contributed by atoms with Crippen molar-refractivity contribution in [3.05, 3.63) is 70.8 Å². The minimum atomic E-state index is -0.306. The van der Waals surface area contributed by atoms with E-state index in [1.807, 2.05) is 13.8 Å². The van der Waals surface area contributed by atoms with Gasteiger partial charge < -0.3 is 4.74 Å². The molecule has 2 aromatic rings. The number of amides is 2. The highest BCUT2D eigenvalue weighted by Crippen LogP contribution is 2.34. The van der Waals surface area contributed by atoms with Crippen LogP contribution in [0.2, 0.25) is 0 Å². The van der Waals surface area contributed by atoms with Crippen LogP contribution in [0.4, 0.5) is 0 Å². The maximum Gasteiger partial charge on any atom is 0.261 e. The first-order valence-corrected chi connectivity index (χ1v) is 10.1. The van der Waals surface area contributed by atoms with E-state index in [1.54, 1.807) is 24.3 Å². The molecule has 4 nitrogen and oxygen atoms in total. The fraction of sp³-hybridized carbons (Fsp3) is 0.360. The first-order valence-electron chi connectivity index (χ1n) is 10.1. The monoisotopic (exact) mass is 387 g/mol. The molecule has 29 heavy (non-hydrogen) atoms. The Kier molecular flexibility index (Phi) is 5.02. The molecular weight excluding hydrogens is 362 g/mol.